The lowest BCUT2D eigenvalue weighted by atomic mass is 10.2. The summed E-state index contributed by atoms with van der Waals surface area (Å²) in [4.78, 5) is 0. The minimum absolute atomic E-state index is 0.352. The third-order valence-corrected chi connectivity index (χ3v) is 2.52. The lowest BCUT2D eigenvalue weighted by Crippen LogP contribution is -2.37. The Morgan fingerprint density at radius 2 is 2.08 bits per heavy atom. The highest BCUT2D eigenvalue weighted by Gasteiger charge is 2.23. The summed E-state index contributed by atoms with van der Waals surface area (Å²) in [5, 5.41) is 3.36. The summed E-state index contributed by atoms with van der Waals surface area (Å²) in [7, 11) is 0. The van der Waals surface area contributed by atoms with Gasteiger partial charge in [-0.25, -0.2) is 0 Å². The van der Waals surface area contributed by atoms with Gasteiger partial charge in [-0.05, 0) is 39.2 Å². The second kappa shape index (κ2) is 4.83. The van der Waals surface area contributed by atoms with E-state index in [0.717, 1.165) is 19.1 Å². The van der Waals surface area contributed by atoms with Gasteiger partial charge in [-0.15, -0.1) is 0 Å². The van der Waals surface area contributed by atoms with E-state index in [1.807, 2.05) is 0 Å². The largest absolute Gasteiger partial charge is 0.377 e. The van der Waals surface area contributed by atoms with E-state index in [0.29, 0.717) is 12.1 Å². The van der Waals surface area contributed by atoms with E-state index in [-0.39, 0.29) is 0 Å². The number of ether oxygens (including phenoxy) is 1. The van der Waals surface area contributed by atoms with Crippen LogP contribution in [0.15, 0.2) is 0 Å². The molecule has 0 spiro atoms. The Bertz CT molecular complexity index is 123. The van der Waals surface area contributed by atoms with Gasteiger partial charge in [0.15, 0.2) is 0 Å². The minimum atomic E-state index is 0.352. The van der Waals surface area contributed by atoms with E-state index in [1.165, 1.54) is 12.8 Å². The van der Waals surface area contributed by atoms with Gasteiger partial charge in [-0.2, -0.15) is 0 Å². The molecule has 1 rings (SSSR count). The van der Waals surface area contributed by atoms with Crippen molar-refractivity contribution in [1.82, 2.24) is 5.32 Å². The number of hydrogen-bond donors (Lipinski definition) is 1. The van der Waals surface area contributed by atoms with Gasteiger partial charge in [-0.3, -0.25) is 0 Å². The Balaban J connectivity index is 2.03. The van der Waals surface area contributed by atoms with Gasteiger partial charge in [0.25, 0.3) is 0 Å². The zero-order valence-electron chi connectivity index (χ0n) is 8.47. The number of hydrogen-bond acceptors (Lipinski definition) is 2. The van der Waals surface area contributed by atoms with Crippen LogP contribution in [0.2, 0.25) is 0 Å². The maximum absolute atomic E-state index is 5.72. The highest BCUT2D eigenvalue weighted by molar-refractivity contribution is 4.74. The Hall–Kier alpha value is -0.0800. The molecule has 12 heavy (non-hydrogen) atoms. The van der Waals surface area contributed by atoms with Crippen LogP contribution in [-0.2, 0) is 4.74 Å². The highest BCUT2D eigenvalue weighted by atomic mass is 16.5. The monoisotopic (exact) mass is 171 g/mol. The van der Waals surface area contributed by atoms with Crippen LogP contribution in [0.5, 0.6) is 0 Å². The summed E-state index contributed by atoms with van der Waals surface area (Å²) in [6, 6.07) is 0.480. The molecule has 1 saturated carbocycles. The maximum atomic E-state index is 5.72. The van der Waals surface area contributed by atoms with Crippen LogP contribution in [0, 0.1) is 5.92 Å². The van der Waals surface area contributed by atoms with Gasteiger partial charge in [-0.1, -0.05) is 6.92 Å². The third kappa shape index (κ3) is 3.55. The third-order valence-electron chi connectivity index (χ3n) is 2.52. The average molecular weight is 171 g/mol. The van der Waals surface area contributed by atoms with Gasteiger partial charge in [0.1, 0.15) is 0 Å². The zero-order chi connectivity index (χ0) is 8.97. The summed E-state index contributed by atoms with van der Waals surface area (Å²) in [6.07, 6.45) is 3.11. The average Bonchev–Trinajstić information content (AvgIpc) is 2.83. The van der Waals surface area contributed by atoms with Gasteiger partial charge in [0, 0.05) is 12.6 Å². The Morgan fingerprint density at radius 3 is 2.58 bits per heavy atom. The summed E-state index contributed by atoms with van der Waals surface area (Å²) < 4.78 is 5.72. The molecule has 0 heterocycles. The Labute approximate surface area is 75.7 Å². The van der Waals surface area contributed by atoms with Crippen molar-refractivity contribution < 1.29 is 4.74 Å². The standard InChI is InChI=1S/C10H21NO/c1-4-11-8(2)9(3)12-7-10-5-6-10/h8-11H,4-7H2,1-3H3. The molecule has 0 radical (unpaired) electrons. The molecule has 2 heteroatoms. The number of rotatable bonds is 6. The summed E-state index contributed by atoms with van der Waals surface area (Å²) in [6.45, 7) is 8.45. The number of nitrogens with one attached hydrogen (secondary N) is 1. The van der Waals surface area contributed by atoms with E-state index in [4.69, 9.17) is 4.74 Å². The summed E-state index contributed by atoms with van der Waals surface area (Å²) in [5.41, 5.74) is 0. The predicted octanol–water partition coefficient (Wildman–Crippen LogP) is 1.80. The lowest BCUT2D eigenvalue weighted by molar-refractivity contribution is 0.0370. The molecule has 0 aromatic carbocycles. The van der Waals surface area contributed by atoms with E-state index in [9.17, 15) is 0 Å². The molecule has 1 N–H and O–H groups in total. The molecule has 0 bridgehead atoms. The molecule has 72 valence electrons. The van der Waals surface area contributed by atoms with Crippen LogP contribution in [0.4, 0.5) is 0 Å². The van der Waals surface area contributed by atoms with E-state index in [1.54, 1.807) is 0 Å². The molecule has 0 saturated heterocycles. The molecule has 1 fully saturated rings. The van der Waals surface area contributed by atoms with E-state index in [2.05, 4.69) is 26.1 Å². The van der Waals surface area contributed by atoms with Crippen molar-refractivity contribution in [3.8, 4) is 0 Å². The lowest BCUT2D eigenvalue weighted by Gasteiger charge is -2.20. The van der Waals surface area contributed by atoms with Crippen LogP contribution in [0.25, 0.3) is 0 Å². The smallest absolute Gasteiger partial charge is 0.0697 e. The minimum Gasteiger partial charge on any atom is -0.377 e. The molecule has 0 aromatic rings. The molecular formula is C10H21NO. The molecule has 0 aromatic heterocycles. The molecule has 2 unspecified atom stereocenters. The van der Waals surface area contributed by atoms with Crippen molar-refractivity contribution in [2.45, 2.75) is 45.8 Å². The molecular weight excluding hydrogens is 150 g/mol. The van der Waals surface area contributed by atoms with Crippen molar-refractivity contribution in [2.24, 2.45) is 5.92 Å². The summed E-state index contributed by atoms with van der Waals surface area (Å²) >= 11 is 0. The number of likely N-dealkylation sites (N-methyl/N-ethyl adjacent to an activating group) is 1. The summed E-state index contributed by atoms with van der Waals surface area (Å²) in [5.74, 6) is 0.876. The molecule has 2 atom stereocenters. The van der Waals surface area contributed by atoms with E-state index < -0.39 is 0 Å². The first-order valence-electron chi connectivity index (χ1n) is 5.09. The van der Waals surface area contributed by atoms with Gasteiger partial charge in [0.2, 0.25) is 0 Å². The van der Waals surface area contributed by atoms with Gasteiger partial charge in [0.05, 0.1) is 6.10 Å². The first-order valence-corrected chi connectivity index (χ1v) is 5.09. The normalized spacial score (nSPS) is 22.2. The van der Waals surface area contributed by atoms with E-state index >= 15 is 0 Å². The van der Waals surface area contributed by atoms with Crippen molar-refractivity contribution in [1.29, 1.82) is 0 Å². The second-order valence-corrected chi connectivity index (χ2v) is 3.83. The van der Waals surface area contributed by atoms with Crippen LogP contribution < -0.4 is 5.32 Å². The van der Waals surface area contributed by atoms with Crippen LogP contribution in [-0.4, -0.2) is 25.3 Å². The topological polar surface area (TPSA) is 21.3 Å². The second-order valence-electron chi connectivity index (χ2n) is 3.83. The van der Waals surface area contributed by atoms with Crippen molar-refractivity contribution >= 4 is 0 Å². The highest BCUT2D eigenvalue weighted by Crippen LogP contribution is 2.29. The van der Waals surface area contributed by atoms with Crippen LogP contribution in [0.1, 0.15) is 33.6 Å². The first-order chi connectivity index (χ1) is 5.74. The fourth-order valence-electron chi connectivity index (χ4n) is 1.20. The van der Waals surface area contributed by atoms with Crippen molar-refractivity contribution in [2.75, 3.05) is 13.2 Å². The predicted molar refractivity (Wildman–Crippen MR) is 51.3 cm³/mol. The first kappa shape index (κ1) is 10.0. The van der Waals surface area contributed by atoms with Crippen molar-refractivity contribution in [3.05, 3.63) is 0 Å². The Kier molecular flexibility index (Phi) is 4.02. The SMILES string of the molecule is CCNC(C)C(C)OCC1CC1. The van der Waals surface area contributed by atoms with Crippen LogP contribution >= 0.6 is 0 Å². The van der Waals surface area contributed by atoms with Crippen molar-refractivity contribution in [3.63, 3.8) is 0 Å². The maximum Gasteiger partial charge on any atom is 0.0697 e. The fraction of sp³-hybridized carbons (Fsp3) is 1.00. The van der Waals surface area contributed by atoms with Gasteiger partial charge < -0.3 is 10.1 Å². The quantitative estimate of drug-likeness (QED) is 0.658. The van der Waals surface area contributed by atoms with Crippen LogP contribution in [0.3, 0.4) is 0 Å². The zero-order valence-corrected chi connectivity index (χ0v) is 8.47. The molecule has 1 aliphatic rings. The molecule has 2 nitrogen and oxygen atoms in total. The molecule has 0 amide bonds. The molecule has 1 aliphatic carbocycles. The molecule has 0 aliphatic heterocycles. The Morgan fingerprint density at radius 1 is 1.42 bits per heavy atom. The fourth-order valence-corrected chi connectivity index (χ4v) is 1.20. The van der Waals surface area contributed by atoms with Gasteiger partial charge >= 0.3 is 0 Å².